The number of esters is 1. The molecule has 25 heavy (non-hydrogen) atoms. The fraction of sp³-hybridized carbons (Fsp3) is 0.263. The summed E-state index contributed by atoms with van der Waals surface area (Å²) in [6.45, 7) is 0.894. The Morgan fingerprint density at radius 2 is 2.04 bits per heavy atom. The number of ether oxygens (including phenoxy) is 1. The maximum Gasteiger partial charge on any atom is 0.348 e. The second kappa shape index (κ2) is 6.99. The van der Waals surface area contributed by atoms with Crippen molar-refractivity contribution in [3.05, 3.63) is 46.3 Å². The van der Waals surface area contributed by atoms with Crippen molar-refractivity contribution in [2.75, 3.05) is 6.61 Å². The van der Waals surface area contributed by atoms with Gasteiger partial charge < -0.3 is 10.1 Å². The van der Waals surface area contributed by atoms with Crippen LogP contribution in [0.4, 0.5) is 0 Å². The van der Waals surface area contributed by atoms with Crippen LogP contribution in [-0.4, -0.2) is 24.1 Å². The van der Waals surface area contributed by atoms with Gasteiger partial charge in [0.15, 0.2) is 12.4 Å². The minimum absolute atomic E-state index is 0.0493. The van der Waals surface area contributed by atoms with E-state index in [-0.39, 0.29) is 5.71 Å². The summed E-state index contributed by atoms with van der Waals surface area (Å²) >= 11 is 1.37. The smallest absolute Gasteiger partial charge is 0.348 e. The summed E-state index contributed by atoms with van der Waals surface area (Å²) in [4.78, 5) is 25.7. The number of nitrogens with one attached hydrogen (secondary N) is 1. The summed E-state index contributed by atoms with van der Waals surface area (Å²) in [5.74, 6) is -2.30. The van der Waals surface area contributed by atoms with Crippen LogP contribution in [-0.2, 0) is 22.4 Å². The van der Waals surface area contributed by atoms with Crippen LogP contribution in [0.25, 0.3) is 10.4 Å². The van der Waals surface area contributed by atoms with Gasteiger partial charge in [-0.15, -0.1) is 11.3 Å². The average Bonchev–Trinajstić information content (AvgIpc) is 3.04. The molecule has 0 radical (unpaired) electrons. The molecule has 0 saturated carbocycles. The van der Waals surface area contributed by atoms with E-state index in [9.17, 15) is 9.59 Å². The number of thiophene rings is 1. The van der Waals surface area contributed by atoms with Crippen molar-refractivity contribution in [1.29, 1.82) is 10.7 Å². The Balaban J connectivity index is 1.73. The maximum atomic E-state index is 12.3. The number of carbonyl (C=O) groups excluding carboxylic acids is 2. The molecule has 1 heterocycles. The lowest BCUT2D eigenvalue weighted by molar-refractivity contribution is -0.122. The average molecular weight is 352 g/mol. The van der Waals surface area contributed by atoms with Crippen LogP contribution in [0.5, 0.6) is 0 Å². The third-order valence-electron chi connectivity index (χ3n) is 4.17. The van der Waals surface area contributed by atoms with E-state index in [2.05, 4.69) is 6.07 Å². The van der Waals surface area contributed by atoms with Gasteiger partial charge in [0.1, 0.15) is 10.8 Å². The molecular weight excluding hydrogens is 336 g/mol. The Hall–Kier alpha value is -2.78. The summed E-state index contributed by atoms with van der Waals surface area (Å²) in [5, 5.41) is 16.3. The maximum absolute atomic E-state index is 12.3. The number of hydrogen-bond acceptors (Lipinski definition) is 6. The minimum atomic E-state index is -1.16. The topological polar surface area (TPSA) is 91.0 Å². The van der Waals surface area contributed by atoms with Gasteiger partial charge in [0.2, 0.25) is 0 Å². The van der Waals surface area contributed by atoms with Crippen LogP contribution in [0.15, 0.2) is 30.3 Å². The Kier molecular flexibility index (Phi) is 4.77. The standard InChI is InChI=1S/C19H16N2O3S/c1-11(21)15(9-20)16(22)10-24-19(23)17-8-13-7-6-12-4-2-3-5-14(12)18(13)25-17/h2-5,8,15,21H,6-7,10H2,1H3. The summed E-state index contributed by atoms with van der Waals surface area (Å²) in [6.07, 6.45) is 1.81. The van der Waals surface area contributed by atoms with Crippen LogP contribution in [0, 0.1) is 22.7 Å². The van der Waals surface area contributed by atoms with Gasteiger partial charge in [0, 0.05) is 10.6 Å². The molecule has 1 aromatic carbocycles. The van der Waals surface area contributed by atoms with Crippen LogP contribution in [0.2, 0.25) is 0 Å². The van der Waals surface area contributed by atoms with Crippen molar-refractivity contribution in [3.8, 4) is 16.5 Å². The fourth-order valence-corrected chi connectivity index (χ4v) is 4.04. The zero-order chi connectivity index (χ0) is 18.0. The molecule has 0 saturated heterocycles. The van der Waals surface area contributed by atoms with Crippen molar-refractivity contribution in [2.45, 2.75) is 19.8 Å². The molecule has 2 aromatic rings. The highest BCUT2D eigenvalue weighted by molar-refractivity contribution is 7.17. The van der Waals surface area contributed by atoms with E-state index in [1.807, 2.05) is 24.3 Å². The monoisotopic (exact) mass is 352 g/mol. The molecule has 0 aliphatic heterocycles. The highest BCUT2D eigenvalue weighted by atomic mass is 32.1. The van der Waals surface area contributed by atoms with Gasteiger partial charge in [0.25, 0.3) is 0 Å². The number of rotatable bonds is 5. The van der Waals surface area contributed by atoms with Crippen molar-refractivity contribution < 1.29 is 14.3 Å². The van der Waals surface area contributed by atoms with E-state index in [0.717, 1.165) is 28.8 Å². The lowest BCUT2D eigenvalue weighted by atomic mass is 9.91. The van der Waals surface area contributed by atoms with Crippen molar-refractivity contribution in [2.24, 2.45) is 5.92 Å². The highest BCUT2D eigenvalue weighted by Gasteiger charge is 2.24. The first-order valence-electron chi connectivity index (χ1n) is 7.86. The van der Waals surface area contributed by atoms with Crippen molar-refractivity contribution in [1.82, 2.24) is 0 Å². The molecule has 0 fully saturated rings. The predicted molar refractivity (Wildman–Crippen MR) is 95.0 cm³/mol. The quantitative estimate of drug-likeness (QED) is 0.659. The molecule has 126 valence electrons. The Bertz CT molecular complexity index is 908. The molecule has 1 aliphatic rings. The minimum Gasteiger partial charge on any atom is -0.453 e. The molecule has 3 rings (SSSR count). The van der Waals surface area contributed by atoms with Gasteiger partial charge >= 0.3 is 5.97 Å². The van der Waals surface area contributed by atoms with Gasteiger partial charge in [-0.05, 0) is 42.5 Å². The van der Waals surface area contributed by atoms with Crippen molar-refractivity contribution >= 4 is 28.8 Å². The van der Waals surface area contributed by atoms with Crippen molar-refractivity contribution in [3.63, 3.8) is 0 Å². The molecule has 1 atom stereocenters. The van der Waals surface area contributed by atoms with Gasteiger partial charge in [-0.3, -0.25) is 4.79 Å². The predicted octanol–water partition coefficient (Wildman–Crippen LogP) is 3.42. The zero-order valence-electron chi connectivity index (χ0n) is 13.7. The molecule has 0 bridgehead atoms. The van der Waals surface area contributed by atoms with E-state index in [4.69, 9.17) is 15.4 Å². The van der Waals surface area contributed by atoms with Crippen LogP contribution in [0.3, 0.4) is 0 Å². The first kappa shape index (κ1) is 17.1. The second-order valence-electron chi connectivity index (χ2n) is 5.91. The lowest BCUT2D eigenvalue weighted by Gasteiger charge is -2.15. The van der Waals surface area contributed by atoms with Crippen LogP contribution >= 0.6 is 11.3 Å². The largest absolute Gasteiger partial charge is 0.453 e. The number of nitrogens with zero attached hydrogens (tertiary/aromatic N) is 1. The number of carbonyl (C=O) groups is 2. The number of nitriles is 1. The molecular formula is C19H16N2O3S. The van der Waals surface area contributed by atoms with E-state index in [0.29, 0.717) is 4.88 Å². The Morgan fingerprint density at radius 3 is 2.76 bits per heavy atom. The molecule has 1 aliphatic carbocycles. The highest BCUT2D eigenvalue weighted by Crippen LogP contribution is 2.39. The fourth-order valence-electron chi connectivity index (χ4n) is 2.87. The molecule has 5 nitrogen and oxygen atoms in total. The summed E-state index contributed by atoms with van der Waals surface area (Å²) in [6, 6.07) is 11.7. The molecule has 6 heteroatoms. The van der Waals surface area contributed by atoms with Crippen LogP contribution < -0.4 is 0 Å². The number of aryl methyl sites for hydroxylation is 2. The van der Waals surface area contributed by atoms with Gasteiger partial charge in [0.05, 0.1) is 6.07 Å². The molecule has 1 N–H and O–H groups in total. The molecule has 1 aromatic heterocycles. The van der Waals surface area contributed by atoms with Gasteiger partial charge in [-0.25, -0.2) is 4.79 Å². The third-order valence-corrected chi connectivity index (χ3v) is 5.36. The van der Waals surface area contributed by atoms with E-state index in [1.54, 1.807) is 6.07 Å². The molecule has 1 unspecified atom stereocenters. The number of benzene rings is 1. The van der Waals surface area contributed by atoms with E-state index in [1.165, 1.54) is 23.8 Å². The lowest BCUT2D eigenvalue weighted by Crippen LogP contribution is -2.25. The second-order valence-corrected chi connectivity index (χ2v) is 6.96. The third kappa shape index (κ3) is 3.37. The van der Waals surface area contributed by atoms with Gasteiger partial charge in [-0.1, -0.05) is 24.3 Å². The SMILES string of the molecule is CC(=N)C(C#N)C(=O)COC(=O)c1cc2c(s1)-c1ccccc1CC2. The Morgan fingerprint density at radius 1 is 1.32 bits per heavy atom. The number of Topliss-reactive ketones (excluding diaryl/α,β-unsaturated/α-hetero) is 1. The normalized spacial score (nSPS) is 13.1. The summed E-state index contributed by atoms with van der Waals surface area (Å²) < 4.78 is 5.06. The number of fused-ring (bicyclic) bond motifs is 3. The molecule has 0 amide bonds. The first-order valence-corrected chi connectivity index (χ1v) is 8.68. The van der Waals surface area contributed by atoms with E-state index >= 15 is 0 Å². The number of hydrogen-bond donors (Lipinski definition) is 1. The Labute approximate surface area is 149 Å². The van der Waals surface area contributed by atoms with Crippen LogP contribution in [0.1, 0.15) is 27.7 Å². The molecule has 0 spiro atoms. The zero-order valence-corrected chi connectivity index (χ0v) is 14.5. The number of ketones is 1. The van der Waals surface area contributed by atoms with Gasteiger partial charge in [-0.2, -0.15) is 5.26 Å². The van der Waals surface area contributed by atoms with E-state index < -0.39 is 24.3 Å². The summed E-state index contributed by atoms with van der Waals surface area (Å²) in [5.41, 5.74) is 3.48. The summed E-state index contributed by atoms with van der Waals surface area (Å²) in [7, 11) is 0. The first-order chi connectivity index (χ1) is 12.0.